The first-order valence-electron chi connectivity index (χ1n) is 8.71. The summed E-state index contributed by atoms with van der Waals surface area (Å²) in [6, 6.07) is 5.62. The molecule has 142 valence electrons. The molecular weight excluding hydrogens is 346 g/mol. The van der Waals surface area contributed by atoms with E-state index in [1.807, 2.05) is 32.0 Å². The van der Waals surface area contributed by atoms with Gasteiger partial charge in [-0.05, 0) is 31.5 Å². The van der Waals surface area contributed by atoms with E-state index in [0.717, 1.165) is 22.2 Å². The second-order valence-corrected chi connectivity index (χ2v) is 6.10. The molecule has 0 aliphatic heterocycles. The summed E-state index contributed by atoms with van der Waals surface area (Å²) in [5, 5.41) is 8.50. The van der Waals surface area contributed by atoms with Gasteiger partial charge in [-0.15, -0.1) is 0 Å². The van der Waals surface area contributed by atoms with Crippen molar-refractivity contribution >= 4 is 29.0 Å². The monoisotopic (exact) mass is 369 g/mol. The summed E-state index contributed by atoms with van der Waals surface area (Å²) in [6.45, 7) is 4.98. The fraction of sp³-hybridized carbons (Fsp3) is 0.333. The minimum absolute atomic E-state index is 0.122. The van der Waals surface area contributed by atoms with Crippen LogP contribution >= 0.6 is 0 Å². The molecule has 0 fully saturated rings. The van der Waals surface area contributed by atoms with Gasteiger partial charge in [0.2, 0.25) is 11.9 Å². The lowest BCUT2D eigenvalue weighted by atomic mass is 10.1. The van der Waals surface area contributed by atoms with Crippen molar-refractivity contribution in [2.75, 3.05) is 30.9 Å². The maximum atomic E-state index is 11.6. The van der Waals surface area contributed by atoms with E-state index >= 15 is 0 Å². The van der Waals surface area contributed by atoms with Crippen LogP contribution in [0.2, 0.25) is 0 Å². The number of imidazole rings is 1. The topological polar surface area (TPSA) is 117 Å². The highest BCUT2D eigenvalue weighted by molar-refractivity contribution is 5.90. The fourth-order valence-corrected chi connectivity index (χ4v) is 2.62. The van der Waals surface area contributed by atoms with Gasteiger partial charge in [-0.25, -0.2) is 19.7 Å². The molecule has 4 N–H and O–H groups in total. The molecule has 2 amide bonds. The summed E-state index contributed by atoms with van der Waals surface area (Å²) < 4.78 is 5.09. The maximum absolute atomic E-state index is 11.6. The van der Waals surface area contributed by atoms with Crippen LogP contribution in [0.15, 0.2) is 30.6 Å². The average Bonchev–Trinajstić information content (AvgIpc) is 3.04. The molecular formula is C18H23N7O2. The van der Waals surface area contributed by atoms with Gasteiger partial charge in [0.25, 0.3) is 0 Å². The highest BCUT2D eigenvalue weighted by Crippen LogP contribution is 2.23. The first-order chi connectivity index (χ1) is 13.1. The van der Waals surface area contributed by atoms with E-state index in [2.05, 4.69) is 35.9 Å². The lowest BCUT2D eigenvalue weighted by molar-refractivity contribution is 0.190. The lowest BCUT2D eigenvalue weighted by Gasteiger charge is -2.12. The number of methoxy groups -OCH3 is 1. The smallest absolute Gasteiger partial charge is 0.321 e. The number of urea groups is 1. The van der Waals surface area contributed by atoms with E-state index in [0.29, 0.717) is 25.0 Å². The van der Waals surface area contributed by atoms with Gasteiger partial charge in [0.1, 0.15) is 0 Å². The largest absolute Gasteiger partial charge is 0.383 e. The number of fused-ring (bicyclic) bond motifs is 1. The molecule has 0 bridgehead atoms. The number of ether oxygens (including phenoxy) is 1. The second-order valence-electron chi connectivity index (χ2n) is 6.10. The quantitative estimate of drug-likeness (QED) is 0.509. The number of anilines is 2. The summed E-state index contributed by atoms with van der Waals surface area (Å²) in [7, 11) is 1.66. The molecule has 0 radical (unpaired) electrons. The number of benzene rings is 1. The van der Waals surface area contributed by atoms with E-state index < -0.39 is 0 Å². The van der Waals surface area contributed by atoms with Crippen molar-refractivity contribution in [2.45, 2.75) is 19.9 Å². The third kappa shape index (κ3) is 4.70. The summed E-state index contributed by atoms with van der Waals surface area (Å²) in [5.41, 5.74) is 3.39. The van der Waals surface area contributed by atoms with E-state index in [9.17, 15) is 4.79 Å². The summed E-state index contributed by atoms with van der Waals surface area (Å²) in [4.78, 5) is 27.8. The third-order valence-corrected chi connectivity index (χ3v) is 3.83. The number of rotatable bonds is 7. The minimum Gasteiger partial charge on any atom is -0.383 e. The van der Waals surface area contributed by atoms with Gasteiger partial charge in [-0.2, -0.15) is 0 Å². The number of carbonyl (C=O) groups excluding carboxylic acids is 1. The normalized spacial score (nSPS) is 12.0. The number of hydrogen-bond donors (Lipinski definition) is 4. The van der Waals surface area contributed by atoms with Crippen LogP contribution in [0.5, 0.6) is 0 Å². The van der Waals surface area contributed by atoms with Crippen LogP contribution in [-0.4, -0.2) is 52.3 Å². The molecule has 0 saturated carbocycles. The lowest BCUT2D eigenvalue weighted by Crippen LogP contribution is -2.28. The predicted octanol–water partition coefficient (Wildman–Crippen LogP) is 2.61. The molecule has 0 aliphatic carbocycles. The SMILES string of the molecule is CCNC(=O)Nc1nc2cc(-c3cnc(NC(C)COC)nc3)ccc2[nH]1. The molecule has 0 aliphatic rings. The Kier molecular flexibility index (Phi) is 5.82. The van der Waals surface area contributed by atoms with Crippen LogP contribution in [0.3, 0.4) is 0 Å². The van der Waals surface area contributed by atoms with Crippen molar-refractivity contribution < 1.29 is 9.53 Å². The van der Waals surface area contributed by atoms with E-state index in [1.165, 1.54) is 0 Å². The van der Waals surface area contributed by atoms with Gasteiger partial charge in [0.05, 0.1) is 17.6 Å². The zero-order valence-corrected chi connectivity index (χ0v) is 15.5. The number of aromatic amines is 1. The highest BCUT2D eigenvalue weighted by atomic mass is 16.5. The maximum Gasteiger partial charge on any atom is 0.321 e. The first-order valence-corrected chi connectivity index (χ1v) is 8.71. The Morgan fingerprint density at radius 1 is 1.26 bits per heavy atom. The van der Waals surface area contributed by atoms with Crippen molar-refractivity contribution in [1.82, 2.24) is 25.3 Å². The highest BCUT2D eigenvalue weighted by Gasteiger charge is 2.09. The summed E-state index contributed by atoms with van der Waals surface area (Å²) in [5.74, 6) is 0.952. The fourth-order valence-electron chi connectivity index (χ4n) is 2.62. The van der Waals surface area contributed by atoms with Crippen LogP contribution in [0.4, 0.5) is 16.7 Å². The Morgan fingerprint density at radius 3 is 2.74 bits per heavy atom. The summed E-state index contributed by atoms with van der Waals surface area (Å²) in [6.07, 6.45) is 3.52. The van der Waals surface area contributed by atoms with Gasteiger partial charge in [0, 0.05) is 37.7 Å². The average molecular weight is 369 g/mol. The van der Waals surface area contributed by atoms with Crippen molar-refractivity contribution in [3.8, 4) is 11.1 Å². The first kappa shape index (κ1) is 18.6. The Labute approximate surface area is 157 Å². The molecule has 27 heavy (non-hydrogen) atoms. The second kappa shape index (κ2) is 8.45. The van der Waals surface area contributed by atoms with Crippen LogP contribution < -0.4 is 16.0 Å². The van der Waals surface area contributed by atoms with Gasteiger partial charge in [-0.1, -0.05) is 6.07 Å². The molecule has 0 saturated heterocycles. The standard InChI is InChI=1S/C18H23N7O2/c1-4-19-18(26)25-17-23-14-6-5-12(7-15(14)24-17)13-8-20-16(21-9-13)22-11(2)10-27-3/h5-9,11H,4,10H2,1-3H3,(H,20,21,22)(H3,19,23,24,25,26). The van der Waals surface area contributed by atoms with E-state index in [1.54, 1.807) is 19.5 Å². The molecule has 9 heteroatoms. The number of amides is 2. The molecule has 3 aromatic rings. The van der Waals surface area contributed by atoms with Crippen molar-refractivity contribution in [3.63, 3.8) is 0 Å². The molecule has 1 aromatic carbocycles. The molecule has 0 spiro atoms. The van der Waals surface area contributed by atoms with Gasteiger partial charge in [0.15, 0.2) is 0 Å². The van der Waals surface area contributed by atoms with Crippen molar-refractivity contribution in [1.29, 1.82) is 0 Å². The van der Waals surface area contributed by atoms with Gasteiger partial charge < -0.3 is 20.4 Å². The molecule has 9 nitrogen and oxygen atoms in total. The van der Waals surface area contributed by atoms with Crippen LogP contribution in [0.25, 0.3) is 22.2 Å². The number of nitrogens with zero attached hydrogens (tertiary/aromatic N) is 3. The third-order valence-electron chi connectivity index (χ3n) is 3.83. The Bertz CT molecular complexity index is 908. The minimum atomic E-state index is -0.295. The number of aromatic nitrogens is 4. The van der Waals surface area contributed by atoms with Crippen LogP contribution in [-0.2, 0) is 4.74 Å². The zero-order valence-electron chi connectivity index (χ0n) is 15.5. The number of H-pyrrole nitrogens is 1. The Morgan fingerprint density at radius 2 is 2.04 bits per heavy atom. The van der Waals surface area contributed by atoms with Gasteiger partial charge >= 0.3 is 6.03 Å². The Balaban J connectivity index is 1.75. The van der Waals surface area contributed by atoms with E-state index in [4.69, 9.17) is 4.74 Å². The van der Waals surface area contributed by atoms with Gasteiger partial charge in [-0.3, -0.25) is 5.32 Å². The molecule has 3 rings (SSSR count). The zero-order chi connectivity index (χ0) is 19.2. The number of hydrogen-bond acceptors (Lipinski definition) is 6. The van der Waals surface area contributed by atoms with E-state index in [-0.39, 0.29) is 12.1 Å². The molecule has 2 aromatic heterocycles. The number of nitrogens with one attached hydrogen (secondary N) is 4. The molecule has 1 unspecified atom stereocenters. The van der Waals surface area contributed by atoms with Crippen LogP contribution in [0.1, 0.15) is 13.8 Å². The number of carbonyl (C=O) groups is 1. The van der Waals surface area contributed by atoms with Crippen molar-refractivity contribution in [3.05, 3.63) is 30.6 Å². The van der Waals surface area contributed by atoms with Crippen LogP contribution in [0, 0.1) is 0 Å². The predicted molar refractivity (Wildman–Crippen MR) is 105 cm³/mol. The summed E-state index contributed by atoms with van der Waals surface area (Å²) >= 11 is 0. The molecule has 1 atom stereocenters. The molecule has 2 heterocycles. The Hall–Kier alpha value is -3.20. The van der Waals surface area contributed by atoms with Crippen molar-refractivity contribution in [2.24, 2.45) is 0 Å².